The van der Waals surface area contributed by atoms with Gasteiger partial charge in [0.25, 0.3) is 0 Å². The number of carbonyl (C=O) groups excluding carboxylic acids is 4. The Morgan fingerprint density at radius 1 is 0.583 bits per heavy atom. The van der Waals surface area contributed by atoms with E-state index in [0.717, 1.165) is 0 Å². The maximum absolute atomic E-state index is 10.9. The number of aromatic hydroxyl groups is 2. The molecule has 2 aromatic carbocycles. The molecule has 2 aliphatic rings. The first kappa shape index (κ1) is 15.2. The molecule has 0 amide bonds. The van der Waals surface area contributed by atoms with Crippen LogP contribution in [0.25, 0.3) is 0 Å². The first-order valence-electron chi connectivity index (χ1n) is 6.57. The van der Waals surface area contributed by atoms with E-state index in [1.807, 2.05) is 0 Å². The Morgan fingerprint density at radius 3 is 1.29 bits per heavy atom. The van der Waals surface area contributed by atoms with Gasteiger partial charge in [-0.2, -0.15) is 0 Å². The van der Waals surface area contributed by atoms with E-state index in [4.69, 9.17) is 10.2 Å². The van der Waals surface area contributed by atoms with Crippen LogP contribution < -0.4 is 0 Å². The second kappa shape index (κ2) is 5.51. The van der Waals surface area contributed by atoms with Crippen LogP contribution in [0, 0.1) is 0 Å². The second-order valence-electron chi connectivity index (χ2n) is 4.75. The van der Waals surface area contributed by atoms with Crippen LogP contribution in [-0.2, 0) is 9.47 Å². The van der Waals surface area contributed by atoms with Crippen molar-refractivity contribution in [3.05, 3.63) is 58.7 Å². The standard InChI is InChI=1S/2C8H4O4/c2*9-5-3-1-2-4-6(5)8(11)12-7(4)10/h2*1-3,9H. The number of benzene rings is 2. The fourth-order valence-electron chi connectivity index (χ4n) is 2.23. The number of phenols is 2. The van der Waals surface area contributed by atoms with Crippen LogP contribution in [0.1, 0.15) is 41.4 Å². The molecule has 0 unspecified atom stereocenters. The van der Waals surface area contributed by atoms with Crippen LogP contribution in [0.3, 0.4) is 0 Å². The average Bonchev–Trinajstić information content (AvgIpc) is 2.99. The minimum Gasteiger partial charge on any atom is -0.507 e. The topological polar surface area (TPSA) is 127 Å². The largest absolute Gasteiger partial charge is 0.507 e. The van der Waals surface area contributed by atoms with Crippen LogP contribution in [0.5, 0.6) is 11.5 Å². The van der Waals surface area contributed by atoms with Crippen LogP contribution >= 0.6 is 0 Å². The van der Waals surface area contributed by atoms with E-state index in [-0.39, 0.29) is 33.8 Å². The second-order valence-corrected chi connectivity index (χ2v) is 4.75. The van der Waals surface area contributed by atoms with E-state index in [1.54, 1.807) is 0 Å². The van der Waals surface area contributed by atoms with Gasteiger partial charge in [0.1, 0.15) is 22.6 Å². The van der Waals surface area contributed by atoms with Crippen molar-refractivity contribution in [1.82, 2.24) is 0 Å². The highest BCUT2D eigenvalue weighted by molar-refractivity contribution is 6.16. The van der Waals surface area contributed by atoms with Crippen LogP contribution in [-0.4, -0.2) is 34.1 Å². The molecule has 0 saturated carbocycles. The number of ether oxygens (including phenoxy) is 2. The summed E-state index contributed by atoms with van der Waals surface area (Å²) in [6, 6.07) is 8.49. The Bertz CT molecular complexity index is 837. The maximum atomic E-state index is 10.9. The Morgan fingerprint density at radius 2 is 0.958 bits per heavy atom. The van der Waals surface area contributed by atoms with E-state index in [2.05, 4.69) is 9.47 Å². The van der Waals surface area contributed by atoms with E-state index in [0.29, 0.717) is 0 Å². The number of hydrogen-bond acceptors (Lipinski definition) is 8. The lowest BCUT2D eigenvalue weighted by Crippen LogP contribution is -1.97. The summed E-state index contributed by atoms with van der Waals surface area (Å²) < 4.78 is 8.55. The van der Waals surface area contributed by atoms with Gasteiger partial charge in [-0.05, 0) is 24.3 Å². The number of esters is 4. The first-order chi connectivity index (χ1) is 11.4. The molecule has 0 saturated heterocycles. The summed E-state index contributed by atoms with van der Waals surface area (Å²) in [4.78, 5) is 43.5. The SMILES string of the molecule is O=C1OC(=O)c2c(O)cccc21.O=C1OC(=O)c2c(O)cccc21. The van der Waals surface area contributed by atoms with Gasteiger partial charge in [-0.3, -0.25) is 0 Å². The number of carbonyl (C=O) groups is 4. The smallest absolute Gasteiger partial charge is 0.350 e. The number of cyclic esters (lactones) is 4. The molecule has 0 atom stereocenters. The molecule has 0 aliphatic carbocycles. The zero-order valence-electron chi connectivity index (χ0n) is 11.8. The Balaban J connectivity index is 0.000000141. The van der Waals surface area contributed by atoms with E-state index >= 15 is 0 Å². The van der Waals surface area contributed by atoms with Crippen molar-refractivity contribution in [1.29, 1.82) is 0 Å². The molecule has 4 rings (SSSR count). The van der Waals surface area contributed by atoms with Gasteiger partial charge in [0.15, 0.2) is 0 Å². The highest BCUT2D eigenvalue weighted by Crippen LogP contribution is 2.28. The molecule has 2 N–H and O–H groups in total. The fraction of sp³-hybridized carbons (Fsp3) is 0. The summed E-state index contributed by atoms with van der Waals surface area (Å²) in [6.07, 6.45) is 0. The maximum Gasteiger partial charge on any atom is 0.350 e. The van der Waals surface area contributed by atoms with Gasteiger partial charge < -0.3 is 19.7 Å². The summed E-state index contributed by atoms with van der Waals surface area (Å²) >= 11 is 0. The molecule has 2 aromatic rings. The Labute approximate surface area is 133 Å². The number of fused-ring (bicyclic) bond motifs is 2. The summed E-state index contributed by atoms with van der Waals surface area (Å²) in [6.45, 7) is 0. The molecule has 0 radical (unpaired) electrons. The van der Waals surface area contributed by atoms with Crippen LogP contribution in [0.15, 0.2) is 36.4 Å². The van der Waals surface area contributed by atoms with Crippen molar-refractivity contribution in [2.24, 2.45) is 0 Å². The molecule has 2 aliphatic heterocycles. The summed E-state index contributed by atoms with van der Waals surface area (Å²) in [5.41, 5.74) is 0.171. The van der Waals surface area contributed by atoms with Crippen molar-refractivity contribution in [2.45, 2.75) is 0 Å². The van der Waals surface area contributed by atoms with Gasteiger partial charge in [0.05, 0.1) is 11.1 Å². The molecule has 120 valence electrons. The lowest BCUT2D eigenvalue weighted by Gasteiger charge is -1.93. The highest BCUT2D eigenvalue weighted by Gasteiger charge is 2.32. The van der Waals surface area contributed by atoms with Gasteiger partial charge in [-0.1, -0.05) is 12.1 Å². The van der Waals surface area contributed by atoms with Crippen LogP contribution in [0.2, 0.25) is 0 Å². The van der Waals surface area contributed by atoms with Gasteiger partial charge in [-0.25, -0.2) is 19.2 Å². The van der Waals surface area contributed by atoms with Gasteiger partial charge in [-0.15, -0.1) is 0 Å². The normalized spacial score (nSPS) is 14.3. The molecule has 0 bridgehead atoms. The average molecular weight is 328 g/mol. The van der Waals surface area contributed by atoms with Crippen molar-refractivity contribution in [2.75, 3.05) is 0 Å². The molecule has 2 heterocycles. The minimum absolute atomic E-state index is 0.0394. The minimum atomic E-state index is -0.784. The van der Waals surface area contributed by atoms with Crippen LogP contribution in [0.4, 0.5) is 0 Å². The molecule has 0 spiro atoms. The lowest BCUT2D eigenvalue weighted by atomic mass is 10.1. The molecule has 0 fully saturated rings. The molecule has 8 heteroatoms. The molecular formula is C16H8O8. The third-order valence-electron chi connectivity index (χ3n) is 3.30. The third kappa shape index (κ3) is 2.35. The van der Waals surface area contributed by atoms with E-state index in [9.17, 15) is 19.2 Å². The number of hydrogen-bond donors (Lipinski definition) is 2. The highest BCUT2D eigenvalue weighted by atomic mass is 16.6. The predicted octanol–water partition coefficient (Wildman–Crippen LogP) is 1.41. The Hall–Kier alpha value is -3.68. The van der Waals surface area contributed by atoms with Crippen molar-refractivity contribution in [3.63, 3.8) is 0 Å². The number of phenolic OH excluding ortho intramolecular Hbond substituents is 2. The molecule has 8 nitrogen and oxygen atoms in total. The van der Waals surface area contributed by atoms with Crippen molar-refractivity contribution >= 4 is 23.9 Å². The van der Waals surface area contributed by atoms with Gasteiger partial charge in [0, 0.05) is 0 Å². The zero-order valence-corrected chi connectivity index (χ0v) is 11.8. The van der Waals surface area contributed by atoms with Gasteiger partial charge >= 0.3 is 23.9 Å². The Kier molecular flexibility index (Phi) is 3.49. The van der Waals surface area contributed by atoms with Gasteiger partial charge in [0.2, 0.25) is 0 Å². The monoisotopic (exact) mass is 328 g/mol. The van der Waals surface area contributed by atoms with E-state index in [1.165, 1.54) is 36.4 Å². The predicted molar refractivity (Wildman–Crippen MR) is 75.7 cm³/mol. The lowest BCUT2D eigenvalue weighted by molar-refractivity contribution is 0.0424. The van der Waals surface area contributed by atoms with Crippen molar-refractivity contribution in [3.8, 4) is 11.5 Å². The quantitative estimate of drug-likeness (QED) is 0.549. The van der Waals surface area contributed by atoms with E-state index < -0.39 is 23.9 Å². The fourth-order valence-corrected chi connectivity index (χ4v) is 2.23. The summed E-state index contributed by atoms with van der Waals surface area (Å²) in [5, 5.41) is 18.3. The summed E-state index contributed by atoms with van der Waals surface area (Å²) in [7, 11) is 0. The first-order valence-corrected chi connectivity index (χ1v) is 6.57. The third-order valence-corrected chi connectivity index (χ3v) is 3.30. The molecular weight excluding hydrogens is 320 g/mol. The summed E-state index contributed by atoms with van der Waals surface area (Å²) in [5.74, 6) is -3.41. The molecule has 0 aromatic heterocycles. The molecule has 24 heavy (non-hydrogen) atoms. The number of rotatable bonds is 0. The van der Waals surface area contributed by atoms with Crippen molar-refractivity contribution < 1.29 is 38.9 Å². The zero-order chi connectivity index (χ0) is 17.4.